The Morgan fingerprint density at radius 1 is 1.44 bits per heavy atom. The standard InChI is InChI=1S/C18H21Cl2N3O2/c1-3-13(10-25-2)22-18(24)14-9-21-23(17(14)11-4-5-11)16-7-6-12(19)8-15(16)20/h6-9,11,13H,3-5,10H2,1-2H3,(H,22,24). The third kappa shape index (κ3) is 4.00. The minimum absolute atomic E-state index is 0.0213. The molecule has 1 saturated carbocycles. The molecule has 1 aliphatic carbocycles. The Morgan fingerprint density at radius 3 is 2.80 bits per heavy atom. The molecule has 1 N–H and O–H groups in total. The summed E-state index contributed by atoms with van der Waals surface area (Å²) in [6, 6.07) is 5.26. The summed E-state index contributed by atoms with van der Waals surface area (Å²) in [6.45, 7) is 2.50. The van der Waals surface area contributed by atoms with Crippen molar-refractivity contribution in [3.63, 3.8) is 0 Å². The molecule has 134 valence electrons. The lowest BCUT2D eigenvalue weighted by molar-refractivity contribution is 0.0893. The van der Waals surface area contributed by atoms with Gasteiger partial charge in [0.05, 0.1) is 40.8 Å². The summed E-state index contributed by atoms with van der Waals surface area (Å²) >= 11 is 12.3. The summed E-state index contributed by atoms with van der Waals surface area (Å²) in [6.07, 6.45) is 4.52. The molecule has 1 aromatic heterocycles. The maximum absolute atomic E-state index is 12.8. The topological polar surface area (TPSA) is 56.1 Å². The van der Waals surface area contributed by atoms with E-state index in [4.69, 9.17) is 27.9 Å². The lowest BCUT2D eigenvalue weighted by Gasteiger charge is -2.16. The molecule has 0 saturated heterocycles. The van der Waals surface area contributed by atoms with Gasteiger partial charge < -0.3 is 10.1 Å². The first-order chi connectivity index (χ1) is 12.0. The fourth-order valence-electron chi connectivity index (χ4n) is 2.85. The summed E-state index contributed by atoms with van der Waals surface area (Å²) < 4.78 is 6.92. The van der Waals surface area contributed by atoms with Crippen LogP contribution in [0.3, 0.4) is 0 Å². The first-order valence-corrected chi connectivity index (χ1v) is 9.13. The highest BCUT2D eigenvalue weighted by Crippen LogP contribution is 2.43. The monoisotopic (exact) mass is 381 g/mol. The van der Waals surface area contributed by atoms with Gasteiger partial charge in [-0.1, -0.05) is 30.1 Å². The lowest BCUT2D eigenvalue weighted by atomic mass is 10.1. The number of amides is 1. The van der Waals surface area contributed by atoms with Crippen LogP contribution in [0.25, 0.3) is 5.69 Å². The predicted octanol–water partition coefficient (Wildman–Crippen LogP) is 4.21. The molecule has 1 amide bonds. The zero-order valence-corrected chi connectivity index (χ0v) is 15.8. The van der Waals surface area contributed by atoms with Crippen LogP contribution in [-0.4, -0.2) is 35.4 Å². The van der Waals surface area contributed by atoms with Gasteiger partial charge in [0, 0.05) is 18.1 Å². The van der Waals surface area contributed by atoms with Gasteiger partial charge in [0.15, 0.2) is 0 Å². The Balaban J connectivity index is 1.94. The summed E-state index contributed by atoms with van der Waals surface area (Å²) in [5.41, 5.74) is 2.24. The largest absolute Gasteiger partial charge is 0.383 e. The first-order valence-electron chi connectivity index (χ1n) is 8.38. The molecule has 1 unspecified atom stereocenters. The Morgan fingerprint density at radius 2 is 2.20 bits per heavy atom. The lowest BCUT2D eigenvalue weighted by Crippen LogP contribution is -2.37. The third-order valence-electron chi connectivity index (χ3n) is 4.35. The summed E-state index contributed by atoms with van der Waals surface area (Å²) in [5.74, 6) is 0.208. The van der Waals surface area contributed by atoms with Crippen molar-refractivity contribution in [3.8, 4) is 5.69 Å². The number of aromatic nitrogens is 2. The van der Waals surface area contributed by atoms with E-state index in [1.54, 1.807) is 30.1 Å². The van der Waals surface area contributed by atoms with Crippen molar-refractivity contribution in [2.75, 3.05) is 13.7 Å². The zero-order chi connectivity index (χ0) is 18.0. The molecule has 3 rings (SSSR count). The van der Waals surface area contributed by atoms with E-state index in [1.165, 1.54) is 0 Å². The van der Waals surface area contributed by atoms with Crippen molar-refractivity contribution in [2.45, 2.75) is 38.1 Å². The molecule has 1 heterocycles. The molecule has 2 aromatic rings. The summed E-state index contributed by atoms with van der Waals surface area (Å²) in [5, 5.41) is 8.54. The number of benzene rings is 1. The number of nitrogens with one attached hydrogen (secondary N) is 1. The van der Waals surface area contributed by atoms with Crippen LogP contribution in [-0.2, 0) is 4.74 Å². The number of halogens is 2. The van der Waals surface area contributed by atoms with Crippen LogP contribution < -0.4 is 5.32 Å². The van der Waals surface area contributed by atoms with Crippen LogP contribution in [0.5, 0.6) is 0 Å². The van der Waals surface area contributed by atoms with Gasteiger partial charge in [0.1, 0.15) is 0 Å². The van der Waals surface area contributed by atoms with E-state index < -0.39 is 0 Å². The molecule has 0 spiro atoms. The molecule has 7 heteroatoms. The number of carbonyl (C=O) groups excluding carboxylic acids is 1. The van der Waals surface area contributed by atoms with Crippen LogP contribution in [0.2, 0.25) is 10.0 Å². The van der Waals surface area contributed by atoms with Gasteiger partial charge in [-0.2, -0.15) is 5.10 Å². The fourth-order valence-corrected chi connectivity index (χ4v) is 3.34. The second-order valence-electron chi connectivity index (χ2n) is 6.26. The number of hydrogen-bond acceptors (Lipinski definition) is 3. The Kier molecular flexibility index (Phi) is 5.67. The quantitative estimate of drug-likeness (QED) is 0.781. The number of ether oxygens (including phenoxy) is 1. The third-order valence-corrected chi connectivity index (χ3v) is 4.89. The van der Waals surface area contributed by atoms with E-state index in [1.807, 2.05) is 13.0 Å². The van der Waals surface area contributed by atoms with E-state index in [0.29, 0.717) is 28.1 Å². The van der Waals surface area contributed by atoms with Gasteiger partial charge in [0.25, 0.3) is 5.91 Å². The van der Waals surface area contributed by atoms with Gasteiger partial charge in [-0.15, -0.1) is 0 Å². The van der Waals surface area contributed by atoms with Crippen molar-refractivity contribution < 1.29 is 9.53 Å². The molecule has 1 fully saturated rings. The molecular weight excluding hydrogens is 361 g/mol. The molecular formula is C18H21Cl2N3O2. The van der Waals surface area contributed by atoms with Crippen LogP contribution in [0.1, 0.15) is 48.2 Å². The van der Waals surface area contributed by atoms with Crippen molar-refractivity contribution in [1.29, 1.82) is 0 Å². The van der Waals surface area contributed by atoms with Gasteiger partial charge in [-0.05, 0) is 37.5 Å². The number of carbonyl (C=O) groups is 1. The van der Waals surface area contributed by atoms with E-state index >= 15 is 0 Å². The van der Waals surface area contributed by atoms with Crippen LogP contribution in [0.15, 0.2) is 24.4 Å². The van der Waals surface area contributed by atoms with E-state index in [-0.39, 0.29) is 11.9 Å². The van der Waals surface area contributed by atoms with Gasteiger partial charge >= 0.3 is 0 Å². The average molecular weight is 382 g/mol. The Bertz CT molecular complexity index is 772. The van der Waals surface area contributed by atoms with E-state index in [9.17, 15) is 4.79 Å². The van der Waals surface area contributed by atoms with Crippen molar-refractivity contribution >= 4 is 29.1 Å². The number of hydrogen-bond donors (Lipinski definition) is 1. The van der Waals surface area contributed by atoms with E-state index in [2.05, 4.69) is 10.4 Å². The number of nitrogens with zero attached hydrogens (tertiary/aromatic N) is 2. The molecule has 1 atom stereocenters. The highest BCUT2D eigenvalue weighted by atomic mass is 35.5. The normalized spacial score (nSPS) is 15.2. The van der Waals surface area contributed by atoms with Crippen molar-refractivity contribution in [3.05, 3.63) is 45.7 Å². The first kappa shape index (κ1) is 18.2. The van der Waals surface area contributed by atoms with E-state index in [0.717, 1.165) is 30.6 Å². The van der Waals surface area contributed by atoms with Crippen molar-refractivity contribution in [2.24, 2.45) is 0 Å². The zero-order valence-electron chi connectivity index (χ0n) is 14.3. The molecule has 25 heavy (non-hydrogen) atoms. The van der Waals surface area contributed by atoms with Crippen LogP contribution in [0.4, 0.5) is 0 Å². The molecule has 5 nitrogen and oxygen atoms in total. The summed E-state index contributed by atoms with van der Waals surface area (Å²) in [4.78, 5) is 12.8. The van der Waals surface area contributed by atoms with Gasteiger partial charge in [-0.3, -0.25) is 4.79 Å². The Labute approximate surface area is 157 Å². The highest BCUT2D eigenvalue weighted by molar-refractivity contribution is 6.35. The van der Waals surface area contributed by atoms with Gasteiger partial charge in [-0.25, -0.2) is 4.68 Å². The highest BCUT2D eigenvalue weighted by Gasteiger charge is 2.33. The second-order valence-corrected chi connectivity index (χ2v) is 7.10. The molecule has 0 aliphatic heterocycles. The predicted molar refractivity (Wildman–Crippen MR) is 99.0 cm³/mol. The maximum atomic E-state index is 12.8. The number of methoxy groups -OCH3 is 1. The molecule has 1 aromatic carbocycles. The fraction of sp³-hybridized carbons (Fsp3) is 0.444. The molecule has 1 aliphatic rings. The molecule has 0 radical (unpaired) electrons. The summed E-state index contributed by atoms with van der Waals surface area (Å²) in [7, 11) is 1.63. The minimum atomic E-state index is -0.123. The smallest absolute Gasteiger partial charge is 0.255 e. The average Bonchev–Trinajstić information content (AvgIpc) is 3.33. The van der Waals surface area contributed by atoms with Crippen LogP contribution in [0, 0.1) is 0 Å². The molecule has 0 bridgehead atoms. The maximum Gasteiger partial charge on any atom is 0.255 e. The number of rotatable bonds is 7. The van der Waals surface area contributed by atoms with Crippen molar-refractivity contribution in [1.82, 2.24) is 15.1 Å². The van der Waals surface area contributed by atoms with Crippen LogP contribution >= 0.6 is 23.2 Å². The Hall–Kier alpha value is -1.56. The minimum Gasteiger partial charge on any atom is -0.383 e. The SMILES string of the molecule is CCC(COC)NC(=O)c1cnn(-c2ccc(Cl)cc2Cl)c1C1CC1. The van der Waals surface area contributed by atoms with Gasteiger partial charge in [0.2, 0.25) is 0 Å². The second kappa shape index (κ2) is 7.77.